The van der Waals surface area contributed by atoms with Gasteiger partial charge in [0.05, 0.1) is 21.6 Å². The van der Waals surface area contributed by atoms with Gasteiger partial charge in [-0.3, -0.25) is 24.6 Å². The number of amides is 2. The molecule has 1 heterocycles. The molecule has 1 fully saturated rings. The van der Waals surface area contributed by atoms with E-state index in [-0.39, 0.29) is 44.9 Å². The van der Waals surface area contributed by atoms with E-state index in [1.54, 1.807) is 6.07 Å². The lowest BCUT2D eigenvalue weighted by Gasteiger charge is -2.14. The quantitative estimate of drug-likeness (QED) is 0.184. The number of rotatable bonds is 8. The zero-order valence-electron chi connectivity index (χ0n) is 16.6. The zero-order chi connectivity index (χ0) is 24.1. The average Bonchev–Trinajstić information content (AvgIpc) is 3.01. The van der Waals surface area contributed by atoms with Gasteiger partial charge in [0, 0.05) is 24.6 Å². The molecule has 0 saturated carbocycles. The molecule has 9 nitrogen and oxygen atoms in total. The minimum atomic E-state index is -3.03. The summed E-state index contributed by atoms with van der Waals surface area (Å²) in [5, 5.41) is 23.0. The third-order valence-electron chi connectivity index (χ3n) is 4.32. The third-order valence-corrected chi connectivity index (χ3v) is 5.70. The second-order valence-corrected chi connectivity index (χ2v) is 8.18. The van der Waals surface area contributed by atoms with E-state index in [1.165, 1.54) is 35.2 Å². The number of halogens is 2. The number of ether oxygens (including phenoxy) is 1. The number of thioether (sulfide) groups is 1. The number of hydrogen-bond donors (Lipinski definition) is 2. The Labute approximate surface area is 195 Å². The summed E-state index contributed by atoms with van der Waals surface area (Å²) in [6, 6.07) is 9.18. The Morgan fingerprint density at radius 1 is 1.33 bits per heavy atom. The first-order valence-corrected chi connectivity index (χ1v) is 10.4. The van der Waals surface area contributed by atoms with Crippen LogP contribution in [0.4, 0.5) is 20.2 Å². The maximum Gasteiger partial charge on any atom is 0.387 e. The number of anilines is 1. The summed E-state index contributed by atoms with van der Waals surface area (Å²) in [4.78, 5) is 36.3. The maximum absolute atomic E-state index is 12.7. The Kier molecular flexibility index (Phi) is 7.55. The van der Waals surface area contributed by atoms with Gasteiger partial charge in [-0.1, -0.05) is 42.2 Å². The van der Waals surface area contributed by atoms with Crippen LogP contribution in [0.1, 0.15) is 12.0 Å². The fraction of sp³-hybridized carbons (Fsp3) is 0.150. The van der Waals surface area contributed by atoms with Gasteiger partial charge in [-0.15, -0.1) is 0 Å². The summed E-state index contributed by atoms with van der Waals surface area (Å²) in [5.74, 6) is -1.63. The van der Waals surface area contributed by atoms with Crippen molar-refractivity contribution in [2.24, 2.45) is 0 Å². The summed E-state index contributed by atoms with van der Waals surface area (Å²) in [7, 11) is 0. The summed E-state index contributed by atoms with van der Waals surface area (Å²) < 4.78 is 29.8. The molecule has 0 bridgehead atoms. The number of thiocarbonyl (C=S) groups is 1. The van der Waals surface area contributed by atoms with Crippen molar-refractivity contribution >= 4 is 57.6 Å². The highest BCUT2D eigenvalue weighted by Crippen LogP contribution is 2.35. The molecular formula is C20H15F2N3O6S2. The van der Waals surface area contributed by atoms with Crippen molar-refractivity contribution in [3.05, 3.63) is 63.0 Å². The van der Waals surface area contributed by atoms with Crippen LogP contribution < -0.4 is 10.1 Å². The molecule has 2 N–H and O–H groups in total. The second kappa shape index (κ2) is 10.4. The van der Waals surface area contributed by atoms with Gasteiger partial charge in [0.25, 0.3) is 11.6 Å². The number of nitro groups is 1. The lowest BCUT2D eigenvalue weighted by Crippen LogP contribution is -2.31. The molecule has 33 heavy (non-hydrogen) atoms. The summed E-state index contributed by atoms with van der Waals surface area (Å²) in [6.45, 7) is -3.10. The number of benzene rings is 2. The monoisotopic (exact) mass is 495 g/mol. The molecule has 1 aliphatic heterocycles. The van der Waals surface area contributed by atoms with Crippen molar-refractivity contribution in [2.75, 3.05) is 11.9 Å². The maximum atomic E-state index is 12.7. The second-order valence-electron chi connectivity index (χ2n) is 6.51. The standard InChI is InChI=1S/C20H15F2N3O6S2/c21-19(22)31-15-4-2-1-3-11(15)9-16-18(28)24(20(32)33-16)8-7-17(27)23-13-6-5-12(25(29)30)10-14(13)26/h1-6,9-10,19,26H,7-8H2,(H,23,27)/b16-9-. The molecule has 0 aliphatic carbocycles. The predicted molar refractivity (Wildman–Crippen MR) is 121 cm³/mol. The Hall–Kier alpha value is -3.58. The van der Waals surface area contributed by atoms with E-state index < -0.39 is 29.1 Å². The molecule has 2 aromatic rings. The van der Waals surface area contributed by atoms with Crippen LogP contribution in [0, 0.1) is 10.1 Å². The first-order valence-electron chi connectivity index (χ1n) is 9.22. The number of non-ortho nitro benzene ring substituents is 1. The van der Waals surface area contributed by atoms with Gasteiger partial charge in [0.2, 0.25) is 5.91 Å². The molecule has 13 heteroatoms. The van der Waals surface area contributed by atoms with Gasteiger partial charge in [-0.05, 0) is 18.2 Å². The van der Waals surface area contributed by atoms with Crippen LogP contribution in [0.5, 0.6) is 11.5 Å². The molecule has 172 valence electrons. The molecule has 0 unspecified atom stereocenters. The number of para-hydroxylation sites is 1. The summed E-state index contributed by atoms with van der Waals surface area (Å²) in [6.07, 6.45) is 1.20. The van der Waals surface area contributed by atoms with E-state index in [0.29, 0.717) is 0 Å². The molecule has 3 rings (SSSR count). The van der Waals surface area contributed by atoms with Gasteiger partial charge < -0.3 is 15.2 Å². The lowest BCUT2D eigenvalue weighted by molar-refractivity contribution is -0.384. The van der Waals surface area contributed by atoms with Crippen molar-refractivity contribution in [3.8, 4) is 11.5 Å². The van der Waals surface area contributed by atoms with Crippen LogP contribution in [-0.4, -0.2) is 44.2 Å². The van der Waals surface area contributed by atoms with E-state index >= 15 is 0 Å². The number of carbonyl (C=O) groups excluding carboxylic acids is 2. The van der Waals surface area contributed by atoms with Gasteiger partial charge in [0.15, 0.2) is 0 Å². The SMILES string of the molecule is O=C(CCN1C(=O)/C(=C/c2ccccc2OC(F)F)SC1=S)Nc1ccc([N+](=O)[O-])cc1O. The van der Waals surface area contributed by atoms with E-state index in [1.807, 2.05) is 0 Å². The highest BCUT2D eigenvalue weighted by Gasteiger charge is 2.32. The molecule has 0 radical (unpaired) electrons. The number of nitro benzene ring substituents is 1. The predicted octanol–water partition coefficient (Wildman–Crippen LogP) is 4.13. The average molecular weight is 495 g/mol. The summed E-state index contributed by atoms with van der Waals surface area (Å²) in [5.41, 5.74) is -0.0911. The van der Waals surface area contributed by atoms with Gasteiger partial charge in [-0.25, -0.2) is 0 Å². The van der Waals surface area contributed by atoms with Gasteiger partial charge >= 0.3 is 6.61 Å². The minimum Gasteiger partial charge on any atom is -0.506 e. The fourth-order valence-electron chi connectivity index (χ4n) is 2.80. The molecule has 2 aromatic carbocycles. The molecule has 1 aliphatic rings. The smallest absolute Gasteiger partial charge is 0.387 e. The number of hydrogen-bond acceptors (Lipinski definition) is 8. The highest BCUT2D eigenvalue weighted by molar-refractivity contribution is 8.26. The van der Waals surface area contributed by atoms with Crippen molar-refractivity contribution < 1.29 is 33.1 Å². The summed E-state index contributed by atoms with van der Waals surface area (Å²) >= 11 is 6.15. The van der Waals surface area contributed by atoms with Crippen LogP contribution in [0.15, 0.2) is 47.4 Å². The van der Waals surface area contributed by atoms with Gasteiger partial charge in [-0.2, -0.15) is 8.78 Å². The molecule has 1 saturated heterocycles. The van der Waals surface area contributed by atoms with Crippen molar-refractivity contribution in [3.63, 3.8) is 0 Å². The van der Waals surface area contributed by atoms with Crippen molar-refractivity contribution in [2.45, 2.75) is 13.0 Å². The van der Waals surface area contributed by atoms with Crippen LogP contribution in [0.3, 0.4) is 0 Å². The Morgan fingerprint density at radius 3 is 2.73 bits per heavy atom. The zero-order valence-corrected chi connectivity index (χ0v) is 18.2. The van der Waals surface area contributed by atoms with E-state index in [0.717, 1.165) is 23.9 Å². The first-order chi connectivity index (χ1) is 15.7. The molecule has 2 amide bonds. The number of nitrogens with zero attached hydrogens (tertiary/aromatic N) is 2. The number of alkyl halides is 2. The number of carbonyl (C=O) groups is 2. The minimum absolute atomic E-state index is 0.0217. The fourth-order valence-corrected chi connectivity index (χ4v) is 4.10. The number of aromatic hydroxyl groups is 1. The molecule has 0 aromatic heterocycles. The molecular weight excluding hydrogens is 480 g/mol. The first kappa shape index (κ1) is 24.1. The largest absolute Gasteiger partial charge is 0.506 e. The van der Waals surface area contributed by atoms with E-state index in [2.05, 4.69) is 10.1 Å². The number of nitrogens with one attached hydrogen (secondary N) is 1. The normalized spacial score (nSPS) is 14.8. The number of phenols is 1. The Balaban J connectivity index is 1.64. The van der Waals surface area contributed by atoms with Crippen LogP contribution in [0.25, 0.3) is 6.08 Å². The van der Waals surface area contributed by atoms with Crippen LogP contribution in [0.2, 0.25) is 0 Å². The van der Waals surface area contributed by atoms with Crippen LogP contribution >= 0.6 is 24.0 Å². The van der Waals surface area contributed by atoms with E-state index in [4.69, 9.17) is 12.2 Å². The van der Waals surface area contributed by atoms with Crippen LogP contribution in [-0.2, 0) is 9.59 Å². The molecule has 0 spiro atoms. The molecule has 0 atom stereocenters. The van der Waals surface area contributed by atoms with Crippen molar-refractivity contribution in [1.82, 2.24) is 4.90 Å². The Bertz CT molecular complexity index is 1160. The Morgan fingerprint density at radius 2 is 2.06 bits per heavy atom. The number of phenolic OH excluding ortho intramolecular Hbond substituents is 1. The van der Waals surface area contributed by atoms with Crippen molar-refractivity contribution in [1.29, 1.82) is 0 Å². The van der Waals surface area contributed by atoms with E-state index in [9.17, 15) is 33.6 Å². The topological polar surface area (TPSA) is 122 Å². The highest BCUT2D eigenvalue weighted by atomic mass is 32.2. The third kappa shape index (κ3) is 6.02. The van der Waals surface area contributed by atoms with Gasteiger partial charge in [0.1, 0.15) is 15.8 Å². The lowest BCUT2D eigenvalue weighted by atomic mass is 10.2.